The number of allylic oxidation sites excluding steroid dienone is 6. The molecule has 0 aliphatic carbocycles. The Morgan fingerprint density at radius 1 is 0.370 bits per heavy atom. The number of esters is 3. The van der Waals surface area contributed by atoms with Crippen LogP contribution in [0.1, 0.15) is 233 Å². The third kappa shape index (κ3) is 40.8. The quantitative estimate of drug-likeness (QED) is 0.0267. The van der Waals surface area contributed by atoms with E-state index in [0.717, 1.165) is 96.3 Å². The van der Waals surface area contributed by atoms with Crippen molar-refractivity contribution >= 4 is 17.9 Å². The lowest BCUT2D eigenvalue weighted by Crippen LogP contribution is -2.30. The van der Waals surface area contributed by atoms with Gasteiger partial charge in [0.25, 0.3) is 0 Å². The molecule has 0 amide bonds. The summed E-state index contributed by atoms with van der Waals surface area (Å²) in [6, 6.07) is 0. The van der Waals surface area contributed by atoms with Crippen molar-refractivity contribution in [3.05, 3.63) is 36.5 Å². The lowest BCUT2D eigenvalue weighted by atomic mass is 10.1. The lowest BCUT2D eigenvalue weighted by Gasteiger charge is -2.18. The van der Waals surface area contributed by atoms with E-state index in [9.17, 15) is 14.4 Å². The van der Waals surface area contributed by atoms with E-state index >= 15 is 0 Å². The van der Waals surface area contributed by atoms with E-state index in [2.05, 4.69) is 57.2 Å². The Bertz CT molecular complexity index is 922. The summed E-state index contributed by atoms with van der Waals surface area (Å²) >= 11 is 0. The number of carbonyl (C=O) groups is 3. The molecule has 0 fully saturated rings. The summed E-state index contributed by atoms with van der Waals surface area (Å²) in [6.45, 7) is 6.50. The number of hydrogen-bond acceptors (Lipinski definition) is 6. The summed E-state index contributed by atoms with van der Waals surface area (Å²) in [6.07, 6.45) is 48.5. The fourth-order valence-electron chi connectivity index (χ4n) is 6.36. The van der Waals surface area contributed by atoms with Gasteiger partial charge in [0.05, 0.1) is 0 Å². The van der Waals surface area contributed by atoms with Crippen molar-refractivity contribution in [2.45, 2.75) is 239 Å². The molecule has 54 heavy (non-hydrogen) atoms. The molecule has 314 valence electrons. The number of hydrogen-bond donors (Lipinski definition) is 0. The van der Waals surface area contributed by atoms with Gasteiger partial charge in [0.1, 0.15) is 13.2 Å². The predicted octanol–water partition coefficient (Wildman–Crippen LogP) is 14.6. The molecule has 0 aromatic rings. The van der Waals surface area contributed by atoms with Crippen LogP contribution in [0.15, 0.2) is 36.5 Å². The molecule has 0 aliphatic heterocycles. The zero-order valence-electron chi connectivity index (χ0n) is 35.7. The van der Waals surface area contributed by atoms with Gasteiger partial charge < -0.3 is 14.2 Å². The van der Waals surface area contributed by atoms with Gasteiger partial charge in [0.15, 0.2) is 6.10 Å². The molecular weight excluding hydrogens is 673 g/mol. The molecule has 0 rings (SSSR count). The summed E-state index contributed by atoms with van der Waals surface area (Å²) in [5.41, 5.74) is 0. The van der Waals surface area contributed by atoms with Crippen LogP contribution in [0.3, 0.4) is 0 Å². The highest BCUT2D eigenvalue weighted by atomic mass is 16.6. The molecule has 0 aliphatic rings. The predicted molar refractivity (Wildman–Crippen MR) is 229 cm³/mol. The third-order valence-corrected chi connectivity index (χ3v) is 9.85. The molecule has 6 nitrogen and oxygen atoms in total. The minimum Gasteiger partial charge on any atom is -0.462 e. The van der Waals surface area contributed by atoms with Crippen LogP contribution in [0.4, 0.5) is 0 Å². The van der Waals surface area contributed by atoms with E-state index in [1.165, 1.54) is 96.3 Å². The molecule has 0 aromatic heterocycles. The normalized spacial score (nSPS) is 12.3. The molecule has 0 saturated heterocycles. The van der Waals surface area contributed by atoms with E-state index in [1.807, 2.05) is 0 Å². The van der Waals surface area contributed by atoms with Crippen LogP contribution >= 0.6 is 0 Å². The monoisotopic (exact) mass is 759 g/mol. The third-order valence-electron chi connectivity index (χ3n) is 9.85. The molecule has 0 spiro atoms. The maximum atomic E-state index is 12.7. The topological polar surface area (TPSA) is 78.9 Å². The molecule has 1 atom stereocenters. The highest BCUT2D eigenvalue weighted by Crippen LogP contribution is 2.14. The van der Waals surface area contributed by atoms with Crippen LogP contribution in [0.5, 0.6) is 0 Å². The van der Waals surface area contributed by atoms with E-state index < -0.39 is 6.10 Å². The molecule has 0 N–H and O–H groups in total. The van der Waals surface area contributed by atoms with Crippen LogP contribution in [0.25, 0.3) is 0 Å². The van der Waals surface area contributed by atoms with Gasteiger partial charge in [-0.25, -0.2) is 0 Å². The largest absolute Gasteiger partial charge is 0.462 e. The van der Waals surface area contributed by atoms with Gasteiger partial charge in [-0.05, 0) is 70.6 Å². The zero-order chi connectivity index (χ0) is 39.4. The van der Waals surface area contributed by atoms with Gasteiger partial charge in [0, 0.05) is 19.3 Å². The Kier molecular flexibility index (Phi) is 41.5. The molecule has 0 radical (unpaired) electrons. The number of rotatable bonds is 41. The van der Waals surface area contributed by atoms with Crippen LogP contribution in [0, 0.1) is 0 Å². The Balaban J connectivity index is 4.31. The maximum absolute atomic E-state index is 12.7. The number of unbranched alkanes of at least 4 members (excludes halogenated alkanes) is 24. The van der Waals surface area contributed by atoms with E-state index in [-0.39, 0.29) is 31.1 Å². The first kappa shape index (κ1) is 51.6. The fourth-order valence-corrected chi connectivity index (χ4v) is 6.36. The van der Waals surface area contributed by atoms with Crippen molar-refractivity contribution in [1.82, 2.24) is 0 Å². The molecule has 0 bridgehead atoms. The molecule has 6 heteroatoms. The Hall–Kier alpha value is -2.37. The van der Waals surface area contributed by atoms with E-state index in [0.29, 0.717) is 19.3 Å². The first-order chi connectivity index (χ1) is 26.5. The average molecular weight is 759 g/mol. The summed E-state index contributed by atoms with van der Waals surface area (Å²) in [5.74, 6) is -0.908. The Labute approximate surface area is 334 Å². The standard InChI is InChI=1S/C48H86O6/c1-4-7-10-13-16-18-20-22-23-24-26-27-29-32-35-38-41-47(50)53-44-45(43-52-46(49)40-37-34-31-15-12-9-6-3)54-48(51)42-39-36-33-30-28-25-21-19-17-14-11-8-5-2/h11,14,19,21,23-24,45H,4-10,12-13,15-18,20,22,25-44H2,1-3H3/b14-11-,21-19-,24-23-. The minimum atomic E-state index is -0.776. The van der Waals surface area contributed by atoms with Gasteiger partial charge in [-0.2, -0.15) is 0 Å². The van der Waals surface area contributed by atoms with Gasteiger partial charge in [-0.3, -0.25) is 14.4 Å². The zero-order valence-corrected chi connectivity index (χ0v) is 35.7. The number of carbonyl (C=O) groups excluding carboxylic acids is 3. The van der Waals surface area contributed by atoms with Crippen LogP contribution in [-0.4, -0.2) is 37.2 Å². The van der Waals surface area contributed by atoms with Crippen molar-refractivity contribution in [3.63, 3.8) is 0 Å². The Morgan fingerprint density at radius 2 is 0.704 bits per heavy atom. The first-order valence-electron chi connectivity index (χ1n) is 23.0. The van der Waals surface area contributed by atoms with Crippen molar-refractivity contribution in [2.75, 3.05) is 13.2 Å². The second-order valence-electron chi connectivity index (χ2n) is 15.3. The highest BCUT2D eigenvalue weighted by molar-refractivity contribution is 5.71. The highest BCUT2D eigenvalue weighted by Gasteiger charge is 2.19. The minimum absolute atomic E-state index is 0.0796. The summed E-state index contributed by atoms with van der Waals surface area (Å²) in [4.78, 5) is 37.6. The molecule has 0 saturated carbocycles. The summed E-state index contributed by atoms with van der Waals surface area (Å²) in [5, 5.41) is 0. The SMILES string of the molecule is CCC/C=C\C/C=C\CCCCCCCC(=O)OC(COC(=O)CCCCCCC/C=C\CCCCCCCCC)COC(=O)CCCCCCCCC. The lowest BCUT2D eigenvalue weighted by molar-refractivity contribution is -0.167. The molecule has 1 unspecified atom stereocenters. The van der Waals surface area contributed by atoms with E-state index in [4.69, 9.17) is 14.2 Å². The van der Waals surface area contributed by atoms with Gasteiger partial charge in [0.2, 0.25) is 0 Å². The summed E-state index contributed by atoms with van der Waals surface area (Å²) in [7, 11) is 0. The maximum Gasteiger partial charge on any atom is 0.306 e. The first-order valence-corrected chi connectivity index (χ1v) is 23.0. The van der Waals surface area contributed by atoms with Crippen LogP contribution in [0.2, 0.25) is 0 Å². The number of ether oxygens (including phenoxy) is 3. The Morgan fingerprint density at radius 3 is 1.11 bits per heavy atom. The fraction of sp³-hybridized carbons (Fsp3) is 0.812. The average Bonchev–Trinajstić information content (AvgIpc) is 3.17. The molecule has 0 heterocycles. The van der Waals surface area contributed by atoms with Crippen LogP contribution in [-0.2, 0) is 28.6 Å². The van der Waals surface area contributed by atoms with Crippen molar-refractivity contribution in [1.29, 1.82) is 0 Å². The van der Waals surface area contributed by atoms with Gasteiger partial charge >= 0.3 is 17.9 Å². The van der Waals surface area contributed by atoms with Crippen molar-refractivity contribution < 1.29 is 28.6 Å². The second kappa shape index (κ2) is 43.4. The smallest absolute Gasteiger partial charge is 0.306 e. The van der Waals surface area contributed by atoms with Gasteiger partial charge in [-0.1, -0.05) is 179 Å². The van der Waals surface area contributed by atoms with Crippen molar-refractivity contribution in [3.8, 4) is 0 Å². The second-order valence-corrected chi connectivity index (χ2v) is 15.3. The van der Waals surface area contributed by atoms with Gasteiger partial charge in [-0.15, -0.1) is 0 Å². The molecular formula is C48H86O6. The van der Waals surface area contributed by atoms with Crippen LogP contribution < -0.4 is 0 Å². The molecule has 0 aromatic carbocycles. The summed E-state index contributed by atoms with van der Waals surface area (Å²) < 4.78 is 16.6. The van der Waals surface area contributed by atoms with E-state index in [1.54, 1.807) is 0 Å². The van der Waals surface area contributed by atoms with Crippen molar-refractivity contribution in [2.24, 2.45) is 0 Å².